The number of ether oxygens (including phenoxy) is 2. The van der Waals surface area contributed by atoms with Gasteiger partial charge < -0.3 is 29.9 Å². The minimum atomic E-state index is -0.501. The van der Waals surface area contributed by atoms with Crippen LogP contribution in [0.5, 0.6) is 23.0 Å². The Kier molecular flexibility index (Phi) is 4.61. The maximum Gasteiger partial charge on any atom is 0.190 e. The molecule has 0 fully saturated rings. The molecule has 8 nitrogen and oxygen atoms in total. The molecular formula is C28H22O8. The van der Waals surface area contributed by atoms with Crippen molar-refractivity contribution in [2.75, 3.05) is 14.2 Å². The highest BCUT2D eigenvalue weighted by molar-refractivity contribution is 6.38. The third-order valence-corrected chi connectivity index (χ3v) is 7.33. The number of rotatable bonds is 4. The predicted molar refractivity (Wildman–Crippen MR) is 137 cm³/mol. The summed E-state index contributed by atoms with van der Waals surface area (Å²) in [6.45, 7) is 0.897. The molecule has 5 aromatic rings. The molecule has 0 radical (unpaired) electrons. The molecule has 0 saturated carbocycles. The van der Waals surface area contributed by atoms with E-state index in [0.29, 0.717) is 49.9 Å². The van der Waals surface area contributed by atoms with Crippen LogP contribution >= 0.6 is 0 Å². The second kappa shape index (κ2) is 7.43. The second-order valence-corrected chi connectivity index (χ2v) is 9.21. The number of phenolic OH excluding ortho intramolecular Hbond substituents is 2. The molecule has 8 heteroatoms. The zero-order valence-electron chi connectivity index (χ0n) is 19.8. The number of aromatic hydroxyl groups is 2. The molecule has 0 bridgehead atoms. The Morgan fingerprint density at radius 1 is 0.722 bits per heavy atom. The van der Waals surface area contributed by atoms with Crippen molar-refractivity contribution >= 4 is 49.2 Å². The van der Waals surface area contributed by atoms with Crippen molar-refractivity contribution in [2.24, 2.45) is 0 Å². The lowest BCUT2D eigenvalue weighted by Crippen LogP contribution is -2.11. The van der Waals surface area contributed by atoms with Gasteiger partial charge in [0.2, 0.25) is 0 Å². The Balaban J connectivity index is 2.20. The highest BCUT2D eigenvalue weighted by Crippen LogP contribution is 2.55. The van der Waals surface area contributed by atoms with Gasteiger partial charge in [-0.3, -0.25) is 9.59 Å². The number of hydrogen-bond acceptors (Lipinski definition) is 8. The van der Waals surface area contributed by atoms with E-state index < -0.39 is 24.1 Å². The van der Waals surface area contributed by atoms with Gasteiger partial charge in [-0.15, -0.1) is 0 Å². The summed E-state index contributed by atoms with van der Waals surface area (Å²) in [4.78, 5) is 26.6. The third kappa shape index (κ3) is 2.49. The first-order valence-electron chi connectivity index (χ1n) is 11.4. The van der Waals surface area contributed by atoms with Crippen molar-refractivity contribution in [3.05, 3.63) is 60.4 Å². The smallest absolute Gasteiger partial charge is 0.190 e. The van der Waals surface area contributed by atoms with E-state index in [1.54, 1.807) is 0 Å². The van der Waals surface area contributed by atoms with Crippen LogP contribution in [0.1, 0.15) is 29.2 Å². The molecule has 4 N–H and O–H groups in total. The van der Waals surface area contributed by atoms with E-state index in [1.165, 1.54) is 26.4 Å². The molecule has 0 aromatic heterocycles. The van der Waals surface area contributed by atoms with Crippen LogP contribution < -0.4 is 20.3 Å². The van der Waals surface area contributed by atoms with E-state index in [4.69, 9.17) is 9.47 Å². The van der Waals surface area contributed by atoms with Crippen LogP contribution in [-0.2, 0) is 19.6 Å². The van der Waals surface area contributed by atoms with Crippen molar-refractivity contribution in [1.82, 2.24) is 0 Å². The first kappa shape index (κ1) is 22.3. The summed E-state index contributed by atoms with van der Waals surface area (Å²) in [6, 6.07) is 2.49. The molecule has 0 unspecified atom stereocenters. The molecule has 1 aliphatic carbocycles. The first-order valence-corrected chi connectivity index (χ1v) is 11.4. The molecule has 6 rings (SSSR count). The largest absolute Gasteiger partial charge is 0.504 e. The number of phenols is 2. The fourth-order valence-corrected chi connectivity index (χ4v) is 6.07. The van der Waals surface area contributed by atoms with Crippen LogP contribution in [0.4, 0.5) is 0 Å². The van der Waals surface area contributed by atoms with Gasteiger partial charge in [0, 0.05) is 27.3 Å². The lowest BCUT2D eigenvalue weighted by molar-refractivity contribution is 0.282. The SMILES string of the molecule is COc1c(O)c2c(=O)cc(CO)c3c4c(CO)cc(=O)c5c(O)c(OC)c6c(c(c1C=C(C)C6)c23)c54. The standard InChI is InChI=1S/C28H22O8/c1-10-4-13-19-20-14(5-10)28(36-3)26(34)22-16(32)7-12(9-30)18(24(20)22)17-11(8-29)6-15(31)21(23(17)19)25(33)27(13)35-2/h4,6-7,29-30,33-34H,5,8-9H2,1-3H3. The molecule has 36 heavy (non-hydrogen) atoms. The van der Waals surface area contributed by atoms with E-state index in [9.17, 15) is 30.0 Å². The van der Waals surface area contributed by atoms with Crippen molar-refractivity contribution in [1.29, 1.82) is 0 Å². The van der Waals surface area contributed by atoms with Gasteiger partial charge in [-0.05, 0) is 52.8 Å². The molecular weight excluding hydrogens is 464 g/mol. The fourth-order valence-electron chi connectivity index (χ4n) is 6.07. The predicted octanol–water partition coefficient (Wildman–Crippen LogP) is 3.27. The Labute approximate surface area is 203 Å². The zero-order valence-corrected chi connectivity index (χ0v) is 19.8. The van der Waals surface area contributed by atoms with E-state index in [0.717, 1.165) is 5.57 Å². The Hall–Kier alpha value is -4.14. The number of aliphatic hydroxyl groups excluding tert-OH is 2. The van der Waals surface area contributed by atoms with Gasteiger partial charge in [0.1, 0.15) is 0 Å². The van der Waals surface area contributed by atoms with Gasteiger partial charge in [0.05, 0.1) is 38.2 Å². The van der Waals surface area contributed by atoms with Crippen molar-refractivity contribution in [2.45, 2.75) is 26.6 Å². The highest BCUT2D eigenvalue weighted by atomic mass is 16.5. The van der Waals surface area contributed by atoms with E-state index in [-0.39, 0.29) is 44.9 Å². The molecule has 0 atom stereocenters. The van der Waals surface area contributed by atoms with Gasteiger partial charge >= 0.3 is 0 Å². The minimum absolute atomic E-state index is 0.0117. The number of aliphatic hydroxyl groups is 2. The Bertz CT molecular complexity index is 1920. The van der Waals surface area contributed by atoms with Gasteiger partial charge in [-0.1, -0.05) is 11.6 Å². The Morgan fingerprint density at radius 3 is 1.72 bits per heavy atom. The molecule has 1 aliphatic rings. The highest BCUT2D eigenvalue weighted by Gasteiger charge is 2.32. The molecule has 0 heterocycles. The minimum Gasteiger partial charge on any atom is -0.504 e. The van der Waals surface area contributed by atoms with Gasteiger partial charge in [-0.25, -0.2) is 0 Å². The van der Waals surface area contributed by atoms with Crippen LogP contribution in [0, 0.1) is 0 Å². The van der Waals surface area contributed by atoms with E-state index >= 15 is 0 Å². The van der Waals surface area contributed by atoms with E-state index in [1.807, 2.05) is 13.0 Å². The lowest BCUT2D eigenvalue weighted by atomic mass is 9.81. The summed E-state index contributed by atoms with van der Waals surface area (Å²) < 4.78 is 11.2. The average Bonchev–Trinajstić information content (AvgIpc) is 3.00. The number of fused-ring (bicyclic) bond motifs is 1. The summed E-state index contributed by atoms with van der Waals surface area (Å²) in [5.41, 5.74) is 1.54. The van der Waals surface area contributed by atoms with Crippen molar-refractivity contribution in [3.63, 3.8) is 0 Å². The molecule has 5 aromatic carbocycles. The quantitative estimate of drug-likeness (QED) is 0.225. The van der Waals surface area contributed by atoms with Gasteiger partial charge in [0.25, 0.3) is 0 Å². The zero-order chi connectivity index (χ0) is 25.6. The van der Waals surface area contributed by atoms with Crippen molar-refractivity contribution < 1.29 is 29.9 Å². The number of hydrogen-bond donors (Lipinski definition) is 4. The van der Waals surface area contributed by atoms with Crippen LogP contribution in [-0.4, -0.2) is 34.6 Å². The molecule has 0 amide bonds. The van der Waals surface area contributed by atoms with Crippen LogP contribution in [0.2, 0.25) is 0 Å². The van der Waals surface area contributed by atoms with Gasteiger partial charge in [-0.2, -0.15) is 0 Å². The third-order valence-electron chi connectivity index (χ3n) is 7.33. The summed E-state index contributed by atoms with van der Waals surface area (Å²) in [7, 11) is 2.81. The number of allylic oxidation sites excluding steroid dienone is 1. The summed E-state index contributed by atoms with van der Waals surface area (Å²) in [6.07, 6.45) is 2.19. The Morgan fingerprint density at radius 2 is 1.22 bits per heavy atom. The second-order valence-electron chi connectivity index (χ2n) is 9.21. The maximum atomic E-state index is 13.3. The van der Waals surface area contributed by atoms with Crippen molar-refractivity contribution in [3.8, 4) is 23.0 Å². The molecule has 182 valence electrons. The molecule has 0 spiro atoms. The van der Waals surface area contributed by atoms with Gasteiger partial charge in [0.15, 0.2) is 33.9 Å². The normalized spacial score (nSPS) is 13.3. The summed E-state index contributed by atoms with van der Waals surface area (Å²) >= 11 is 0. The maximum absolute atomic E-state index is 13.3. The van der Waals surface area contributed by atoms with Crippen LogP contribution in [0.15, 0.2) is 27.3 Å². The van der Waals surface area contributed by atoms with Crippen LogP contribution in [0.3, 0.4) is 0 Å². The fraction of sp³-hybridized carbons (Fsp3) is 0.214. The summed E-state index contributed by atoms with van der Waals surface area (Å²) in [5.74, 6) is -0.392. The summed E-state index contributed by atoms with van der Waals surface area (Å²) in [5, 5.41) is 45.9. The van der Waals surface area contributed by atoms with E-state index in [2.05, 4.69) is 0 Å². The molecule has 0 saturated heterocycles. The lowest BCUT2D eigenvalue weighted by Gasteiger charge is -2.23. The monoisotopic (exact) mass is 486 g/mol. The first-order chi connectivity index (χ1) is 17.3. The molecule has 0 aliphatic heterocycles. The average molecular weight is 486 g/mol. The number of benzene rings is 5. The topological polar surface area (TPSA) is 134 Å². The number of methoxy groups -OCH3 is 2. The van der Waals surface area contributed by atoms with Crippen LogP contribution in [0.25, 0.3) is 49.2 Å².